The van der Waals surface area contributed by atoms with E-state index in [2.05, 4.69) is 41.6 Å². The lowest BCUT2D eigenvalue weighted by molar-refractivity contribution is 1.39. The predicted octanol–water partition coefficient (Wildman–Crippen LogP) is 4.91. The van der Waals surface area contributed by atoms with Crippen molar-refractivity contribution in [2.75, 3.05) is 0 Å². The van der Waals surface area contributed by atoms with Gasteiger partial charge >= 0.3 is 0 Å². The molecule has 0 fully saturated rings. The van der Waals surface area contributed by atoms with Crippen LogP contribution in [0.25, 0.3) is 19.6 Å². The van der Waals surface area contributed by atoms with Crippen LogP contribution in [0.2, 0.25) is 0 Å². The summed E-state index contributed by atoms with van der Waals surface area (Å²) in [5.41, 5.74) is 0. The molecule has 0 unspecified atom stereocenters. The lowest BCUT2D eigenvalue weighted by Gasteiger charge is -1.89. The van der Waals surface area contributed by atoms with E-state index in [4.69, 9.17) is 0 Å². The van der Waals surface area contributed by atoms with Gasteiger partial charge in [-0.15, -0.1) is 34.0 Å². The molecule has 0 amide bonds. The summed E-state index contributed by atoms with van der Waals surface area (Å²) >= 11 is 5.35. The number of aromatic nitrogens is 1. The fourth-order valence-electron chi connectivity index (χ4n) is 1.47. The highest BCUT2D eigenvalue weighted by Gasteiger charge is 2.08. The van der Waals surface area contributed by atoms with E-state index in [0.29, 0.717) is 0 Å². The third kappa shape index (κ3) is 1.84. The van der Waals surface area contributed by atoms with Crippen molar-refractivity contribution in [1.82, 2.24) is 4.98 Å². The van der Waals surface area contributed by atoms with Gasteiger partial charge in [0.05, 0.1) is 4.88 Å². The highest BCUT2D eigenvalue weighted by atomic mass is 32.1. The second-order valence-electron chi connectivity index (χ2n) is 3.42. The Hall–Kier alpha value is -0.970. The zero-order valence-corrected chi connectivity index (χ0v) is 11.1. The molecule has 3 aromatic rings. The van der Waals surface area contributed by atoms with Gasteiger partial charge in [0.2, 0.25) is 0 Å². The first-order valence-electron chi connectivity index (χ1n) is 4.89. The molecule has 0 radical (unpaired) electrons. The average Bonchev–Trinajstić information content (AvgIpc) is 2.97. The van der Waals surface area contributed by atoms with Gasteiger partial charge in [0, 0.05) is 20.8 Å². The molecule has 0 spiro atoms. The molecule has 0 saturated carbocycles. The van der Waals surface area contributed by atoms with Gasteiger partial charge in [-0.1, -0.05) is 6.07 Å². The van der Waals surface area contributed by atoms with Crippen LogP contribution in [0.4, 0.5) is 0 Å². The van der Waals surface area contributed by atoms with Crippen LogP contribution >= 0.6 is 34.0 Å². The summed E-state index contributed by atoms with van der Waals surface area (Å²) in [7, 11) is 0. The van der Waals surface area contributed by atoms with Gasteiger partial charge in [0.1, 0.15) is 5.01 Å². The molecule has 4 heteroatoms. The smallest absolute Gasteiger partial charge is 0.133 e. The maximum atomic E-state index is 4.41. The highest BCUT2D eigenvalue weighted by Crippen LogP contribution is 2.37. The number of thiazole rings is 1. The van der Waals surface area contributed by atoms with Crippen molar-refractivity contribution in [3.05, 3.63) is 40.7 Å². The molecule has 80 valence electrons. The Morgan fingerprint density at radius 2 is 1.88 bits per heavy atom. The lowest BCUT2D eigenvalue weighted by Crippen LogP contribution is -1.63. The van der Waals surface area contributed by atoms with Gasteiger partial charge in [0.25, 0.3) is 0 Å². The summed E-state index contributed by atoms with van der Waals surface area (Å²) in [5.74, 6) is 0. The Labute approximate surface area is 106 Å². The molecule has 0 saturated heterocycles. The van der Waals surface area contributed by atoms with Gasteiger partial charge in [-0.25, -0.2) is 4.98 Å². The second kappa shape index (κ2) is 4.13. The van der Waals surface area contributed by atoms with Crippen LogP contribution in [-0.4, -0.2) is 4.98 Å². The molecule has 0 aliphatic rings. The first kappa shape index (κ1) is 10.2. The van der Waals surface area contributed by atoms with Gasteiger partial charge in [0.15, 0.2) is 0 Å². The summed E-state index contributed by atoms with van der Waals surface area (Å²) in [6.07, 6.45) is 1.94. The molecule has 0 aliphatic carbocycles. The molecular weight excluding hydrogens is 254 g/mol. The summed E-state index contributed by atoms with van der Waals surface area (Å²) in [5, 5.41) is 3.24. The molecular formula is C12H9NS3. The zero-order valence-electron chi connectivity index (χ0n) is 8.64. The maximum Gasteiger partial charge on any atom is 0.133 e. The quantitative estimate of drug-likeness (QED) is 0.640. The fraction of sp³-hybridized carbons (Fsp3) is 0.0833. The van der Waals surface area contributed by atoms with Crippen LogP contribution in [0.15, 0.2) is 35.8 Å². The number of hydrogen-bond acceptors (Lipinski definition) is 4. The Bertz CT molecular complexity index is 589. The Morgan fingerprint density at radius 1 is 1.00 bits per heavy atom. The minimum atomic E-state index is 1.13. The van der Waals surface area contributed by atoms with E-state index < -0.39 is 0 Å². The Morgan fingerprint density at radius 3 is 2.56 bits per heavy atom. The topological polar surface area (TPSA) is 12.9 Å². The third-order valence-electron chi connectivity index (χ3n) is 2.20. The lowest BCUT2D eigenvalue weighted by atomic mass is 10.4. The number of rotatable bonds is 2. The fourth-order valence-corrected chi connectivity index (χ4v) is 4.14. The van der Waals surface area contributed by atoms with Crippen molar-refractivity contribution in [3.8, 4) is 19.6 Å². The van der Waals surface area contributed by atoms with Crippen molar-refractivity contribution in [1.29, 1.82) is 0 Å². The summed E-state index contributed by atoms with van der Waals surface area (Å²) in [4.78, 5) is 9.61. The molecule has 0 bridgehead atoms. The van der Waals surface area contributed by atoms with E-state index in [9.17, 15) is 0 Å². The minimum absolute atomic E-state index is 1.13. The number of aryl methyl sites for hydroxylation is 1. The largest absolute Gasteiger partial charge is 0.243 e. The number of thiophene rings is 2. The summed E-state index contributed by atoms with van der Waals surface area (Å²) < 4.78 is 0. The predicted molar refractivity (Wildman–Crippen MR) is 73.5 cm³/mol. The van der Waals surface area contributed by atoms with E-state index in [-0.39, 0.29) is 0 Å². The molecule has 16 heavy (non-hydrogen) atoms. The number of nitrogens with zero attached hydrogens (tertiary/aromatic N) is 1. The first-order valence-corrected chi connectivity index (χ1v) is 7.41. The SMILES string of the molecule is Cc1cnc(-c2ccc(-c3cccs3)s2)s1. The van der Waals surface area contributed by atoms with E-state index in [1.54, 1.807) is 22.7 Å². The van der Waals surface area contributed by atoms with Crippen LogP contribution < -0.4 is 0 Å². The van der Waals surface area contributed by atoms with Crippen LogP contribution in [0.3, 0.4) is 0 Å². The molecule has 3 aromatic heterocycles. The van der Waals surface area contributed by atoms with Crippen molar-refractivity contribution in [2.24, 2.45) is 0 Å². The molecule has 3 heterocycles. The number of hydrogen-bond donors (Lipinski definition) is 0. The molecule has 0 atom stereocenters. The molecule has 1 nitrogen and oxygen atoms in total. The molecule has 3 rings (SSSR count). The van der Waals surface area contributed by atoms with Gasteiger partial charge in [-0.05, 0) is 30.5 Å². The van der Waals surface area contributed by atoms with E-state index in [1.165, 1.54) is 19.5 Å². The summed E-state index contributed by atoms with van der Waals surface area (Å²) in [6, 6.07) is 8.60. The molecule has 0 N–H and O–H groups in total. The van der Waals surface area contributed by atoms with Crippen LogP contribution in [0.1, 0.15) is 4.88 Å². The van der Waals surface area contributed by atoms with Crippen molar-refractivity contribution >= 4 is 34.0 Å². The monoisotopic (exact) mass is 263 g/mol. The normalized spacial score (nSPS) is 10.8. The van der Waals surface area contributed by atoms with E-state index >= 15 is 0 Å². The second-order valence-corrected chi connectivity index (χ2v) is 6.68. The maximum absolute atomic E-state index is 4.41. The molecule has 0 aromatic carbocycles. The van der Waals surface area contributed by atoms with Crippen LogP contribution in [0, 0.1) is 6.92 Å². The van der Waals surface area contributed by atoms with Gasteiger partial charge in [-0.3, -0.25) is 0 Å². The molecule has 0 aliphatic heterocycles. The minimum Gasteiger partial charge on any atom is -0.243 e. The third-order valence-corrected chi connectivity index (χ3v) is 5.43. The van der Waals surface area contributed by atoms with Crippen molar-refractivity contribution < 1.29 is 0 Å². The van der Waals surface area contributed by atoms with E-state index in [0.717, 1.165) is 5.01 Å². The van der Waals surface area contributed by atoms with E-state index in [1.807, 2.05) is 17.5 Å². The zero-order chi connectivity index (χ0) is 11.0. The Kier molecular flexibility index (Phi) is 2.63. The standard InChI is InChI=1S/C12H9NS3/c1-8-7-13-12(15-8)11-5-4-10(16-11)9-3-2-6-14-9/h2-7H,1H3. The first-order chi connectivity index (χ1) is 7.83. The Balaban J connectivity index is 2.00. The highest BCUT2D eigenvalue weighted by molar-refractivity contribution is 7.25. The van der Waals surface area contributed by atoms with Crippen molar-refractivity contribution in [3.63, 3.8) is 0 Å². The van der Waals surface area contributed by atoms with Crippen molar-refractivity contribution in [2.45, 2.75) is 6.92 Å². The van der Waals surface area contributed by atoms with Crippen LogP contribution in [-0.2, 0) is 0 Å². The average molecular weight is 263 g/mol. The van der Waals surface area contributed by atoms with Gasteiger partial charge < -0.3 is 0 Å². The summed E-state index contributed by atoms with van der Waals surface area (Å²) in [6.45, 7) is 2.09. The van der Waals surface area contributed by atoms with Gasteiger partial charge in [-0.2, -0.15) is 0 Å². The van der Waals surface area contributed by atoms with Crippen LogP contribution in [0.5, 0.6) is 0 Å².